The summed E-state index contributed by atoms with van der Waals surface area (Å²) in [5.74, 6) is 0.532. The van der Waals surface area contributed by atoms with Crippen molar-refractivity contribution in [3.05, 3.63) is 66.0 Å². The fourth-order valence-corrected chi connectivity index (χ4v) is 2.78. The van der Waals surface area contributed by atoms with Gasteiger partial charge in [-0.1, -0.05) is 12.1 Å². The Morgan fingerprint density at radius 1 is 1.14 bits per heavy atom. The maximum atomic E-state index is 13.1. The zero-order valence-corrected chi connectivity index (χ0v) is 16.3. The molecule has 0 radical (unpaired) electrons. The molecule has 0 saturated carbocycles. The average Bonchev–Trinajstić information content (AvgIpc) is 3.22. The molecule has 3 rings (SSSR count). The maximum Gasteiger partial charge on any atom is 0.256 e. The van der Waals surface area contributed by atoms with Crippen molar-refractivity contribution in [2.45, 2.75) is 32.8 Å². The Morgan fingerprint density at radius 3 is 2.39 bits per heavy atom. The van der Waals surface area contributed by atoms with Crippen LogP contribution in [0.15, 0.2) is 49.1 Å². The number of rotatable bonds is 7. The van der Waals surface area contributed by atoms with Crippen molar-refractivity contribution >= 4 is 5.91 Å². The lowest BCUT2D eigenvalue weighted by molar-refractivity contribution is 0.0765. The topological polar surface area (TPSA) is 97.0 Å². The second-order valence-corrected chi connectivity index (χ2v) is 6.92. The predicted molar refractivity (Wildman–Crippen MR) is 104 cm³/mol. The Morgan fingerprint density at radius 2 is 1.79 bits per heavy atom. The van der Waals surface area contributed by atoms with Gasteiger partial charge in [0.05, 0.1) is 29.2 Å². The first-order valence-electron chi connectivity index (χ1n) is 9.19. The molecule has 8 heteroatoms. The molecule has 8 nitrogen and oxygen atoms in total. The van der Waals surface area contributed by atoms with Crippen LogP contribution >= 0.6 is 0 Å². The Hall–Kier alpha value is -3.13. The number of hydrogen-bond acceptors (Lipinski definition) is 6. The number of hydrogen-bond donors (Lipinski definition) is 1. The van der Waals surface area contributed by atoms with Crippen LogP contribution in [-0.2, 0) is 12.0 Å². The maximum absolute atomic E-state index is 13.1. The van der Waals surface area contributed by atoms with E-state index in [1.165, 1.54) is 4.80 Å². The number of carbonyl (C=O) groups is 1. The monoisotopic (exact) mass is 380 g/mol. The first-order valence-corrected chi connectivity index (χ1v) is 9.19. The summed E-state index contributed by atoms with van der Waals surface area (Å²) in [7, 11) is 0. The number of likely N-dealkylation sites (N-methyl/N-ethyl adjacent to an activating group) is 1. The van der Waals surface area contributed by atoms with Crippen molar-refractivity contribution < 1.29 is 9.90 Å². The third-order valence-electron chi connectivity index (χ3n) is 4.45. The molecule has 1 N–H and O–H groups in total. The summed E-state index contributed by atoms with van der Waals surface area (Å²) in [4.78, 5) is 24.9. The van der Waals surface area contributed by atoms with Crippen molar-refractivity contribution in [2.24, 2.45) is 0 Å². The third kappa shape index (κ3) is 4.40. The van der Waals surface area contributed by atoms with E-state index in [-0.39, 0.29) is 5.91 Å². The highest BCUT2D eigenvalue weighted by molar-refractivity contribution is 5.97. The molecule has 0 fully saturated rings. The molecule has 0 aliphatic heterocycles. The third-order valence-corrected chi connectivity index (χ3v) is 4.45. The normalized spacial score (nSPS) is 11.4. The summed E-state index contributed by atoms with van der Waals surface area (Å²) in [6.45, 7) is 6.36. The lowest BCUT2D eigenvalue weighted by Gasteiger charge is -2.22. The van der Waals surface area contributed by atoms with Gasteiger partial charge in [-0.05, 0) is 32.9 Å². The smallest absolute Gasteiger partial charge is 0.256 e. The highest BCUT2D eigenvalue weighted by atomic mass is 16.3. The molecule has 0 unspecified atom stereocenters. The van der Waals surface area contributed by atoms with Gasteiger partial charge in [0.2, 0.25) is 0 Å². The van der Waals surface area contributed by atoms with Crippen molar-refractivity contribution in [1.29, 1.82) is 0 Å². The quantitative estimate of drug-likeness (QED) is 0.673. The van der Waals surface area contributed by atoms with Crippen LogP contribution in [0.4, 0.5) is 0 Å². The van der Waals surface area contributed by atoms with Crippen LogP contribution in [0, 0.1) is 0 Å². The van der Waals surface area contributed by atoms with Gasteiger partial charge in [-0.2, -0.15) is 15.0 Å². The molecular weight excluding hydrogens is 356 g/mol. The lowest BCUT2D eigenvalue weighted by atomic mass is 10.0. The number of benzene rings is 1. The number of aliphatic hydroxyl groups is 1. The van der Waals surface area contributed by atoms with E-state index >= 15 is 0 Å². The van der Waals surface area contributed by atoms with Gasteiger partial charge in [-0.3, -0.25) is 4.79 Å². The molecule has 1 amide bonds. The molecule has 2 aromatic heterocycles. The summed E-state index contributed by atoms with van der Waals surface area (Å²) >= 11 is 0. The minimum absolute atomic E-state index is 0.0940. The summed E-state index contributed by atoms with van der Waals surface area (Å²) < 4.78 is 0. The zero-order chi connectivity index (χ0) is 20.1. The fourth-order valence-electron chi connectivity index (χ4n) is 2.78. The molecule has 0 saturated heterocycles. The zero-order valence-electron chi connectivity index (χ0n) is 16.3. The number of nitrogens with zero attached hydrogens (tertiary/aromatic N) is 6. The molecule has 0 atom stereocenters. The molecule has 0 aliphatic rings. The van der Waals surface area contributed by atoms with Crippen LogP contribution in [-0.4, -0.2) is 54.0 Å². The van der Waals surface area contributed by atoms with E-state index in [0.29, 0.717) is 42.1 Å². The minimum Gasteiger partial charge on any atom is -0.386 e. The van der Waals surface area contributed by atoms with Gasteiger partial charge < -0.3 is 10.0 Å². The molecular formula is C20H24N6O2. The second-order valence-electron chi connectivity index (χ2n) is 6.92. The number of aromatic nitrogens is 5. The number of amides is 1. The van der Waals surface area contributed by atoms with Crippen molar-refractivity contribution in [2.75, 3.05) is 13.1 Å². The average molecular weight is 380 g/mol. The molecule has 28 heavy (non-hydrogen) atoms. The molecule has 1 aromatic carbocycles. The first kappa shape index (κ1) is 19.6. The van der Waals surface area contributed by atoms with Gasteiger partial charge in [0.1, 0.15) is 5.82 Å². The van der Waals surface area contributed by atoms with Crippen LogP contribution in [0.2, 0.25) is 0 Å². The van der Waals surface area contributed by atoms with Gasteiger partial charge in [0.15, 0.2) is 0 Å². The van der Waals surface area contributed by atoms with Gasteiger partial charge in [0.25, 0.3) is 5.91 Å². The van der Waals surface area contributed by atoms with Gasteiger partial charge in [-0.15, -0.1) is 0 Å². The lowest BCUT2D eigenvalue weighted by Crippen LogP contribution is -2.33. The van der Waals surface area contributed by atoms with E-state index in [4.69, 9.17) is 0 Å². The summed E-state index contributed by atoms with van der Waals surface area (Å²) in [6, 6.07) is 7.27. The van der Waals surface area contributed by atoms with Gasteiger partial charge in [-0.25, -0.2) is 9.97 Å². The molecule has 2 heterocycles. The van der Waals surface area contributed by atoms with E-state index in [0.717, 1.165) is 0 Å². The summed E-state index contributed by atoms with van der Waals surface area (Å²) in [5, 5.41) is 18.3. The number of para-hydroxylation sites is 1. The second kappa shape index (κ2) is 8.26. The van der Waals surface area contributed by atoms with Crippen LogP contribution in [0.5, 0.6) is 0 Å². The van der Waals surface area contributed by atoms with E-state index < -0.39 is 5.60 Å². The highest BCUT2D eigenvalue weighted by Gasteiger charge is 2.20. The minimum atomic E-state index is -0.978. The first-order chi connectivity index (χ1) is 13.4. The van der Waals surface area contributed by atoms with Crippen molar-refractivity contribution in [3.8, 4) is 5.69 Å². The van der Waals surface area contributed by atoms with Crippen LogP contribution in [0.1, 0.15) is 42.5 Å². The van der Waals surface area contributed by atoms with Gasteiger partial charge in [0, 0.05) is 37.5 Å². The van der Waals surface area contributed by atoms with E-state index in [1.807, 2.05) is 25.1 Å². The summed E-state index contributed by atoms with van der Waals surface area (Å²) in [6.07, 6.45) is 6.92. The molecule has 3 aromatic rings. The van der Waals surface area contributed by atoms with E-state index in [2.05, 4.69) is 20.2 Å². The standard InChI is InChI=1S/C20H24N6O2/c1-4-25(12-9-18-21-13-15(14-22-18)20(2,3)28)19(27)16-7-5-6-8-17(16)26-23-10-11-24-26/h5-8,10-11,13-14,28H,4,9,12H2,1-3H3. The van der Waals surface area contributed by atoms with Crippen molar-refractivity contribution in [1.82, 2.24) is 29.9 Å². The fraction of sp³-hybridized carbons (Fsp3) is 0.350. The van der Waals surface area contributed by atoms with Gasteiger partial charge >= 0.3 is 0 Å². The van der Waals surface area contributed by atoms with Crippen LogP contribution in [0.25, 0.3) is 5.69 Å². The largest absolute Gasteiger partial charge is 0.386 e. The Labute approximate surface area is 163 Å². The van der Waals surface area contributed by atoms with Crippen LogP contribution in [0.3, 0.4) is 0 Å². The molecule has 0 bridgehead atoms. The number of carbonyl (C=O) groups excluding carboxylic acids is 1. The molecule has 0 aliphatic carbocycles. The van der Waals surface area contributed by atoms with Crippen LogP contribution < -0.4 is 0 Å². The Kier molecular flexibility index (Phi) is 5.79. The van der Waals surface area contributed by atoms with E-state index in [1.54, 1.807) is 49.6 Å². The predicted octanol–water partition coefficient (Wildman–Crippen LogP) is 1.99. The van der Waals surface area contributed by atoms with E-state index in [9.17, 15) is 9.90 Å². The highest BCUT2D eigenvalue weighted by Crippen LogP contribution is 2.18. The van der Waals surface area contributed by atoms with Crippen molar-refractivity contribution in [3.63, 3.8) is 0 Å². The molecule has 0 spiro atoms. The summed E-state index contributed by atoms with van der Waals surface area (Å²) in [5.41, 5.74) is 0.856. The Bertz CT molecular complexity index is 917. The molecule has 146 valence electrons. The SMILES string of the molecule is CCN(CCc1ncc(C(C)(C)O)cn1)C(=O)c1ccccc1-n1nccn1. The Balaban J connectivity index is 1.73.